The molecular weight excluding hydrogens is 546 g/mol. The van der Waals surface area contributed by atoms with Gasteiger partial charge in [-0.3, -0.25) is 9.69 Å². The molecule has 1 fully saturated rings. The Morgan fingerprint density at radius 2 is 1.70 bits per heavy atom. The van der Waals surface area contributed by atoms with Crippen molar-refractivity contribution in [2.24, 2.45) is 0 Å². The number of nitrogens with zero attached hydrogens (tertiary/aromatic N) is 3. The molecule has 0 aliphatic carbocycles. The van der Waals surface area contributed by atoms with Gasteiger partial charge >= 0.3 is 0 Å². The minimum atomic E-state index is -4.04. The van der Waals surface area contributed by atoms with Crippen molar-refractivity contribution in [1.29, 1.82) is 0 Å². The highest BCUT2D eigenvalue weighted by Gasteiger charge is 2.22. The number of rotatable bonds is 7. The van der Waals surface area contributed by atoms with Gasteiger partial charge in [-0.2, -0.15) is 0 Å². The summed E-state index contributed by atoms with van der Waals surface area (Å²) in [6, 6.07) is 24.0. The van der Waals surface area contributed by atoms with Gasteiger partial charge in [-0.15, -0.1) is 0 Å². The molecule has 0 atom stereocenters. The van der Waals surface area contributed by atoms with Crippen LogP contribution in [-0.4, -0.2) is 50.4 Å². The molecule has 0 bridgehead atoms. The molecule has 1 saturated heterocycles. The topological polar surface area (TPSA) is 109 Å². The van der Waals surface area contributed by atoms with Crippen LogP contribution in [0.25, 0.3) is 11.1 Å². The minimum absolute atomic E-state index is 0.0224. The van der Waals surface area contributed by atoms with Crippen LogP contribution in [0.4, 0.5) is 11.5 Å². The standard InChI is InChI=1S/C30H30ClN5O3S/c1-21-18-26(11-12-28(21)32)40(38,39)34-30(37)23-8-13-29(33-19-23)36-16-14-35(15-17-36)20-24-4-2-3-5-27(24)22-6-9-25(31)10-7-22/h2-13,18-19H,14-17,20,32H2,1H3,(H,34,37). The highest BCUT2D eigenvalue weighted by Crippen LogP contribution is 2.27. The number of nitrogens with two attached hydrogens (primary N) is 1. The lowest BCUT2D eigenvalue weighted by Crippen LogP contribution is -2.46. The molecule has 40 heavy (non-hydrogen) atoms. The Labute approximate surface area is 239 Å². The number of hydrogen-bond acceptors (Lipinski definition) is 7. The summed E-state index contributed by atoms with van der Waals surface area (Å²) in [4.78, 5) is 21.7. The summed E-state index contributed by atoms with van der Waals surface area (Å²) in [5.74, 6) is 0.00693. The lowest BCUT2D eigenvalue weighted by atomic mass is 9.99. The molecule has 4 aromatic rings. The van der Waals surface area contributed by atoms with Crippen LogP contribution in [0, 0.1) is 6.92 Å². The second kappa shape index (κ2) is 11.7. The molecule has 1 aliphatic rings. The number of benzene rings is 3. The molecule has 10 heteroatoms. The number of pyridine rings is 1. The van der Waals surface area contributed by atoms with E-state index >= 15 is 0 Å². The monoisotopic (exact) mass is 575 g/mol. The number of aryl methyl sites for hydroxylation is 1. The van der Waals surface area contributed by atoms with Gasteiger partial charge in [0.05, 0.1) is 10.5 Å². The number of carbonyl (C=O) groups is 1. The van der Waals surface area contributed by atoms with Crippen LogP contribution < -0.4 is 15.4 Å². The van der Waals surface area contributed by atoms with E-state index in [4.69, 9.17) is 17.3 Å². The van der Waals surface area contributed by atoms with Gasteiger partial charge < -0.3 is 10.6 Å². The fourth-order valence-corrected chi connectivity index (χ4v) is 5.89. The zero-order valence-electron chi connectivity index (χ0n) is 22.0. The molecule has 1 amide bonds. The zero-order valence-corrected chi connectivity index (χ0v) is 23.6. The average Bonchev–Trinajstić information content (AvgIpc) is 2.95. The Kier molecular flexibility index (Phi) is 8.07. The number of carbonyl (C=O) groups excluding carboxylic acids is 1. The molecule has 0 radical (unpaired) electrons. The van der Waals surface area contributed by atoms with Gasteiger partial charge in [0.2, 0.25) is 0 Å². The van der Waals surface area contributed by atoms with Crippen LogP contribution in [0.1, 0.15) is 21.5 Å². The number of aromatic nitrogens is 1. The van der Waals surface area contributed by atoms with Crippen molar-refractivity contribution in [2.45, 2.75) is 18.4 Å². The molecule has 1 aromatic heterocycles. The Bertz CT molecular complexity index is 1620. The number of sulfonamides is 1. The first-order chi connectivity index (χ1) is 19.2. The van der Waals surface area contributed by atoms with E-state index < -0.39 is 15.9 Å². The van der Waals surface area contributed by atoms with Crippen LogP contribution in [0.15, 0.2) is 90.0 Å². The maximum atomic E-state index is 12.7. The van der Waals surface area contributed by atoms with Crippen molar-refractivity contribution in [3.8, 4) is 11.1 Å². The third kappa shape index (κ3) is 6.28. The maximum absolute atomic E-state index is 12.7. The summed E-state index contributed by atoms with van der Waals surface area (Å²) in [5, 5.41) is 0.720. The second-order valence-corrected chi connectivity index (χ2v) is 11.9. The van der Waals surface area contributed by atoms with Crippen LogP contribution >= 0.6 is 11.6 Å². The van der Waals surface area contributed by atoms with Gasteiger partial charge in [-0.25, -0.2) is 18.1 Å². The van der Waals surface area contributed by atoms with Crippen LogP contribution in [0.3, 0.4) is 0 Å². The first-order valence-corrected chi connectivity index (χ1v) is 14.8. The molecule has 206 valence electrons. The summed E-state index contributed by atoms with van der Waals surface area (Å²) in [7, 11) is -4.04. The second-order valence-electron chi connectivity index (χ2n) is 9.79. The highest BCUT2D eigenvalue weighted by molar-refractivity contribution is 7.90. The van der Waals surface area contributed by atoms with Crippen LogP contribution in [-0.2, 0) is 16.6 Å². The lowest BCUT2D eigenvalue weighted by molar-refractivity contribution is 0.0981. The molecule has 0 saturated carbocycles. The molecule has 5 rings (SSSR count). The Hall–Kier alpha value is -3.92. The molecule has 3 aromatic carbocycles. The van der Waals surface area contributed by atoms with Crippen molar-refractivity contribution in [3.63, 3.8) is 0 Å². The molecule has 1 aliphatic heterocycles. The zero-order chi connectivity index (χ0) is 28.3. The molecule has 3 N–H and O–H groups in total. The van der Waals surface area contributed by atoms with Crippen molar-refractivity contribution in [3.05, 3.63) is 107 Å². The van der Waals surface area contributed by atoms with Crippen LogP contribution in [0.5, 0.6) is 0 Å². The SMILES string of the molecule is Cc1cc(S(=O)(=O)NC(=O)c2ccc(N3CCN(Cc4ccccc4-c4ccc(Cl)cc4)CC3)nc2)ccc1N. The molecule has 2 heterocycles. The predicted molar refractivity (Wildman–Crippen MR) is 159 cm³/mol. The van der Waals surface area contributed by atoms with Gasteiger partial charge in [-0.05, 0) is 71.6 Å². The van der Waals surface area contributed by atoms with Crippen molar-refractivity contribution in [1.82, 2.24) is 14.6 Å². The normalized spacial score (nSPS) is 14.2. The molecule has 0 unspecified atom stereocenters. The summed E-state index contributed by atoms with van der Waals surface area (Å²) >= 11 is 6.07. The van der Waals surface area contributed by atoms with E-state index in [9.17, 15) is 13.2 Å². The number of halogens is 1. The number of nitrogen functional groups attached to an aromatic ring is 1. The van der Waals surface area contributed by atoms with Gasteiger partial charge in [-0.1, -0.05) is 48.0 Å². The first kappa shape index (κ1) is 27.6. The lowest BCUT2D eigenvalue weighted by Gasteiger charge is -2.35. The molecule has 0 spiro atoms. The van der Waals surface area contributed by atoms with E-state index in [1.807, 2.05) is 24.3 Å². The number of nitrogens with one attached hydrogen (secondary N) is 1. The smallest absolute Gasteiger partial charge is 0.266 e. The van der Waals surface area contributed by atoms with Gasteiger partial charge in [0.1, 0.15) is 5.82 Å². The number of hydrogen-bond donors (Lipinski definition) is 2. The van der Waals surface area contributed by atoms with E-state index in [0.29, 0.717) is 11.3 Å². The third-order valence-corrected chi connectivity index (χ3v) is 8.63. The molecule has 8 nitrogen and oxygen atoms in total. The summed E-state index contributed by atoms with van der Waals surface area (Å²) < 4.78 is 27.4. The summed E-state index contributed by atoms with van der Waals surface area (Å²) in [5.41, 5.74) is 10.6. The summed E-state index contributed by atoms with van der Waals surface area (Å²) in [6.45, 7) is 5.83. The number of anilines is 2. The largest absolute Gasteiger partial charge is 0.399 e. The van der Waals surface area contributed by atoms with E-state index in [1.54, 1.807) is 19.1 Å². The average molecular weight is 576 g/mol. The Morgan fingerprint density at radius 1 is 0.975 bits per heavy atom. The maximum Gasteiger partial charge on any atom is 0.266 e. The van der Waals surface area contributed by atoms with Crippen LogP contribution in [0.2, 0.25) is 5.02 Å². The van der Waals surface area contributed by atoms with E-state index in [1.165, 1.54) is 35.5 Å². The molecular formula is C30H30ClN5O3S. The predicted octanol–water partition coefficient (Wildman–Crippen LogP) is 4.73. The van der Waals surface area contributed by atoms with Gasteiger partial charge in [0.15, 0.2) is 0 Å². The fraction of sp³-hybridized carbons (Fsp3) is 0.200. The highest BCUT2D eigenvalue weighted by atomic mass is 35.5. The van der Waals surface area contributed by atoms with Crippen molar-refractivity contribution in [2.75, 3.05) is 36.8 Å². The Balaban J connectivity index is 1.19. The van der Waals surface area contributed by atoms with Crippen molar-refractivity contribution >= 4 is 39.0 Å². The van der Waals surface area contributed by atoms with Gasteiger partial charge in [0.25, 0.3) is 15.9 Å². The fourth-order valence-electron chi connectivity index (χ4n) is 4.71. The van der Waals surface area contributed by atoms with E-state index in [2.05, 4.69) is 43.8 Å². The van der Waals surface area contributed by atoms with E-state index in [-0.39, 0.29) is 10.5 Å². The third-order valence-electron chi connectivity index (χ3n) is 7.05. The minimum Gasteiger partial charge on any atom is -0.399 e. The van der Waals surface area contributed by atoms with E-state index in [0.717, 1.165) is 49.1 Å². The number of amides is 1. The Morgan fingerprint density at radius 3 is 2.38 bits per heavy atom. The first-order valence-electron chi connectivity index (χ1n) is 12.9. The van der Waals surface area contributed by atoms with Gasteiger partial charge in [0, 0.05) is 49.6 Å². The quantitative estimate of drug-likeness (QED) is 0.307. The summed E-state index contributed by atoms with van der Waals surface area (Å²) in [6.07, 6.45) is 1.41. The van der Waals surface area contributed by atoms with Crippen molar-refractivity contribution < 1.29 is 13.2 Å². The number of piperazine rings is 1.